The van der Waals surface area contributed by atoms with Crippen molar-refractivity contribution >= 4 is 5.57 Å². The Morgan fingerprint density at radius 2 is 2.00 bits per heavy atom. The van der Waals surface area contributed by atoms with Crippen LogP contribution in [0.4, 0.5) is 4.39 Å². The van der Waals surface area contributed by atoms with Crippen LogP contribution >= 0.6 is 0 Å². The van der Waals surface area contributed by atoms with E-state index in [1.807, 2.05) is 36.4 Å². The highest BCUT2D eigenvalue weighted by atomic mass is 19.1. The van der Waals surface area contributed by atoms with E-state index >= 15 is 0 Å². The average Bonchev–Trinajstić information content (AvgIpc) is 2.30. The lowest BCUT2D eigenvalue weighted by Gasteiger charge is -2.23. The van der Waals surface area contributed by atoms with Gasteiger partial charge in [0.05, 0.1) is 6.07 Å². The summed E-state index contributed by atoms with van der Waals surface area (Å²) >= 11 is 0. The summed E-state index contributed by atoms with van der Waals surface area (Å²) in [7, 11) is 0. The van der Waals surface area contributed by atoms with Crippen molar-refractivity contribution in [3.8, 4) is 6.07 Å². The number of nitrogens with zero attached hydrogens (tertiary/aromatic N) is 1. The summed E-state index contributed by atoms with van der Waals surface area (Å²) in [5.41, 5.74) is 7.13. The molecule has 2 unspecified atom stereocenters. The quantitative estimate of drug-likeness (QED) is 0.730. The maximum atomic E-state index is 13.6. The summed E-state index contributed by atoms with van der Waals surface area (Å²) in [6.45, 7) is 0. The molecule has 0 amide bonds. The number of benzene rings is 1. The Hall–Kier alpha value is -1.92. The van der Waals surface area contributed by atoms with E-state index < -0.39 is 11.7 Å². The number of nitriles is 1. The van der Waals surface area contributed by atoms with E-state index in [2.05, 4.69) is 0 Å². The van der Waals surface area contributed by atoms with Gasteiger partial charge >= 0.3 is 0 Å². The Labute approximate surface area is 93.5 Å². The molecule has 16 heavy (non-hydrogen) atoms. The average molecular weight is 214 g/mol. The Bertz CT molecular complexity index is 480. The predicted octanol–water partition coefficient (Wildman–Crippen LogP) is 2.40. The van der Waals surface area contributed by atoms with Gasteiger partial charge in [0.2, 0.25) is 0 Å². The lowest BCUT2D eigenvalue weighted by molar-refractivity contribution is 0.204. The van der Waals surface area contributed by atoms with Crippen LogP contribution in [-0.2, 0) is 0 Å². The van der Waals surface area contributed by atoms with Gasteiger partial charge in [-0.25, -0.2) is 4.39 Å². The number of hydrogen-bond acceptors (Lipinski definition) is 2. The van der Waals surface area contributed by atoms with Gasteiger partial charge in [0, 0.05) is 0 Å². The second-order valence-corrected chi connectivity index (χ2v) is 3.76. The molecular formula is C13H11FN2. The third kappa shape index (κ3) is 1.88. The minimum atomic E-state index is -2.06. The summed E-state index contributed by atoms with van der Waals surface area (Å²) in [4.78, 5) is 0. The summed E-state index contributed by atoms with van der Waals surface area (Å²) in [6.07, 6.45) is 4.42. The maximum Gasteiger partial charge on any atom is 0.197 e. The molecule has 0 radical (unpaired) electrons. The SMILES string of the molecule is N#CC1C=C(c2ccccc2)C=CC1(N)F. The Morgan fingerprint density at radius 1 is 1.31 bits per heavy atom. The van der Waals surface area contributed by atoms with Crippen LogP contribution in [0.1, 0.15) is 5.56 Å². The van der Waals surface area contributed by atoms with Crippen LogP contribution in [0.25, 0.3) is 5.57 Å². The summed E-state index contributed by atoms with van der Waals surface area (Å²) < 4.78 is 13.6. The van der Waals surface area contributed by atoms with Crippen LogP contribution < -0.4 is 5.73 Å². The molecule has 0 fully saturated rings. The Morgan fingerprint density at radius 3 is 2.62 bits per heavy atom. The van der Waals surface area contributed by atoms with Crippen molar-refractivity contribution in [3.63, 3.8) is 0 Å². The first-order chi connectivity index (χ1) is 7.63. The van der Waals surface area contributed by atoms with E-state index in [0.29, 0.717) is 0 Å². The van der Waals surface area contributed by atoms with Gasteiger partial charge < -0.3 is 0 Å². The molecular weight excluding hydrogens is 203 g/mol. The fourth-order valence-corrected chi connectivity index (χ4v) is 1.64. The summed E-state index contributed by atoms with van der Waals surface area (Å²) in [5, 5.41) is 8.84. The third-order valence-electron chi connectivity index (χ3n) is 2.59. The standard InChI is InChI=1S/C13H11FN2/c14-13(16)7-6-11(8-12(13)9-15)10-4-2-1-3-5-10/h1-8,12H,16H2. The minimum absolute atomic E-state index is 0.825. The molecule has 0 saturated carbocycles. The fraction of sp³-hybridized carbons (Fsp3) is 0.154. The van der Waals surface area contributed by atoms with Gasteiger partial charge in [-0.05, 0) is 17.2 Å². The monoisotopic (exact) mass is 214 g/mol. The molecule has 3 heteroatoms. The number of alkyl halides is 1. The first-order valence-electron chi connectivity index (χ1n) is 4.97. The molecule has 2 nitrogen and oxygen atoms in total. The third-order valence-corrected chi connectivity index (χ3v) is 2.59. The zero-order chi connectivity index (χ0) is 11.6. The van der Waals surface area contributed by atoms with Gasteiger partial charge in [-0.15, -0.1) is 0 Å². The van der Waals surface area contributed by atoms with Gasteiger partial charge in [0.15, 0.2) is 5.79 Å². The lowest BCUT2D eigenvalue weighted by atomic mass is 9.88. The van der Waals surface area contributed by atoms with Crippen LogP contribution in [0.15, 0.2) is 48.6 Å². The number of hydrogen-bond donors (Lipinski definition) is 1. The topological polar surface area (TPSA) is 49.8 Å². The van der Waals surface area contributed by atoms with E-state index in [9.17, 15) is 4.39 Å². The fourth-order valence-electron chi connectivity index (χ4n) is 1.64. The first-order valence-corrected chi connectivity index (χ1v) is 4.97. The van der Waals surface area contributed by atoms with E-state index in [1.165, 1.54) is 6.08 Å². The van der Waals surface area contributed by atoms with Crippen molar-refractivity contribution in [2.75, 3.05) is 0 Å². The van der Waals surface area contributed by atoms with E-state index in [4.69, 9.17) is 11.0 Å². The van der Waals surface area contributed by atoms with Crippen molar-refractivity contribution in [2.24, 2.45) is 11.7 Å². The van der Waals surface area contributed by atoms with E-state index in [1.54, 1.807) is 12.2 Å². The Balaban J connectivity index is 2.38. The normalized spacial score (nSPS) is 28.3. The van der Waals surface area contributed by atoms with E-state index in [-0.39, 0.29) is 0 Å². The maximum absolute atomic E-state index is 13.6. The molecule has 2 N–H and O–H groups in total. The van der Waals surface area contributed by atoms with Gasteiger partial charge in [-0.1, -0.05) is 42.5 Å². The second-order valence-electron chi connectivity index (χ2n) is 3.76. The zero-order valence-corrected chi connectivity index (χ0v) is 8.60. The smallest absolute Gasteiger partial charge is 0.197 e. The molecule has 2 rings (SSSR count). The number of rotatable bonds is 1. The highest BCUT2D eigenvalue weighted by Crippen LogP contribution is 2.30. The van der Waals surface area contributed by atoms with Gasteiger partial charge in [0.25, 0.3) is 0 Å². The lowest BCUT2D eigenvalue weighted by Crippen LogP contribution is -2.40. The van der Waals surface area contributed by atoms with E-state index in [0.717, 1.165) is 11.1 Å². The number of allylic oxidation sites excluding steroid dienone is 2. The van der Waals surface area contributed by atoms with Crippen molar-refractivity contribution in [1.29, 1.82) is 5.26 Å². The molecule has 80 valence electrons. The molecule has 0 heterocycles. The van der Waals surface area contributed by atoms with Gasteiger partial charge in [-0.3, -0.25) is 5.73 Å². The predicted molar refractivity (Wildman–Crippen MR) is 60.7 cm³/mol. The molecule has 0 spiro atoms. The highest BCUT2D eigenvalue weighted by molar-refractivity contribution is 5.76. The highest BCUT2D eigenvalue weighted by Gasteiger charge is 2.33. The molecule has 1 aliphatic carbocycles. The Kier molecular flexibility index (Phi) is 2.59. The largest absolute Gasteiger partial charge is 0.294 e. The summed E-state index contributed by atoms with van der Waals surface area (Å²) in [5.74, 6) is -3.00. The molecule has 0 aromatic heterocycles. The van der Waals surface area contributed by atoms with Crippen LogP contribution in [0, 0.1) is 17.2 Å². The van der Waals surface area contributed by atoms with Crippen LogP contribution in [-0.4, -0.2) is 5.79 Å². The molecule has 0 bridgehead atoms. The van der Waals surface area contributed by atoms with Crippen molar-refractivity contribution < 1.29 is 4.39 Å². The zero-order valence-electron chi connectivity index (χ0n) is 8.60. The van der Waals surface area contributed by atoms with Crippen LogP contribution in [0.3, 0.4) is 0 Å². The number of halogens is 1. The van der Waals surface area contributed by atoms with Gasteiger partial charge in [-0.2, -0.15) is 5.26 Å². The molecule has 1 aliphatic rings. The molecule has 1 aromatic rings. The van der Waals surface area contributed by atoms with Crippen molar-refractivity contribution in [1.82, 2.24) is 0 Å². The summed E-state index contributed by atoms with van der Waals surface area (Å²) in [6, 6.07) is 11.4. The minimum Gasteiger partial charge on any atom is -0.294 e. The van der Waals surface area contributed by atoms with Crippen LogP contribution in [0.5, 0.6) is 0 Å². The van der Waals surface area contributed by atoms with Crippen molar-refractivity contribution in [2.45, 2.75) is 5.79 Å². The molecule has 0 saturated heterocycles. The number of nitrogens with two attached hydrogens (primary N) is 1. The molecule has 2 atom stereocenters. The molecule has 1 aromatic carbocycles. The molecule has 0 aliphatic heterocycles. The second kappa shape index (κ2) is 3.92. The van der Waals surface area contributed by atoms with Crippen LogP contribution in [0.2, 0.25) is 0 Å². The first kappa shape index (κ1) is 10.6. The van der Waals surface area contributed by atoms with Gasteiger partial charge in [0.1, 0.15) is 5.92 Å². The van der Waals surface area contributed by atoms with Crippen molar-refractivity contribution in [3.05, 3.63) is 54.1 Å².